The first kappa shape index (κ1) is 14.6. The van der Waals surface area contributed by atoms with Crippen LogP contribution in [0, 0.1) is 0 Å². The van der Waals surface area contributed by atoms with E-state index in [1.807, 2.05) is 0 Å². The second kappa shape index (κ2) is 5.44. The van der Waals surface area contributed by atoms with Crippen molar-refractivity contribution in [2.24, 2.45) is 0 Å². The van der Waals surface area contributed by atoms with Gasteiger partial charge in [0.15, 0.2) is 5.16 Å². The number of thioether (sulfide) groups is 1. The fourth-order valence-corrected chi connectivity index (χ4v) is 3.67. The first-order chi connectivity index (χ1) is 9.97. The molecule has 110 valence electrons. The number of benzene rings is 1. The lowest BCUT2D eigenvalue weighted by atomic mass is 10.1. The molecule has 0 spiro atoms. The number of phenols is 1. The molecule has 5 nitrogen and oxygen atoms in total. The van der Waals surface area contributed by atoms with E-state index in [9.17, 15) is 15.0 Å². The van der Waals surface area contributed by atoms with Crippen molar-refractivity contribution in [3.63, 3.8) is 0 Å². The van der Waals surface area contributed by atoms with E-state index in [-0.39, 0.29) is 34.2 Å². The molecule has 8 heteroatoms. The third-order valence-corrected chi connectivity index (χ3v) is 4.69. The number of halogens is 2. The Bertz CT molecular complexity index is 792. The van der Waals surface area contributed by atoms with Crippen LogP contribution < -0.4 is 5.56 Å². The highest BCUT2D eigenvalue weighted by Gasteiger charge is 2.21. The van der Waals surface area contributed by atoms with Crippen molar-refractivity contribution < 1.29 is 10.2 Å². The molecule has 0 saturated carbocycles. The molecular formula is C13H10Cl2N2O3S. The summed E-state index contributed by atoms with van der Waals surface area (Å²) in [6, 6.07) is 2.92. The summed E-state index contributed by atoms with van der Waals surface area (Å²) in [4.78, 5) is 16.4. The van der Waals surface area contributed by atoms with Crippen LogP contribution in [0.15, 0.2) is 22.1 Å². The Hall–Kier alpha value is -1.37. The monoisotopic (exact) mass is 344 g/mol. The molecule has 1 aliphatic heterocycles. The smallest absolute Gasteiger partial charge is 0.261 e. The van der Waals surface area contributed by atoms with Gasteiger partial charge in [-0.1, -0.05) is 35.0 Å². The highest BCUT2D eigenvalue weighted by molar-refractivity contribution is 7.99. The van der Waals surface area contributed by atoms with Crippen molar-refractivity contribution in [2.45, 2.75) is 18.1 Å². The van der Waals surface area contributed by atoms with Crippen LogP contribution in [0.3, 0.4) is 0 Å². The summed E-state index contributed by atoms with van der Waals surface area (Å²) in [7, 11) is 0. The summed E-state index contributed by atoms with van der Waals surface area (Å²) in [5.74, 6) is 0.273. The van der Waals surface area contributed by atoms with Gasteiger partial charge < -0.3 is 10.2 Å². The number of hydrogen-bond donors (Lipinski definition) is 2. The zero-order valence-corrected chi connectivity index (χ0v) is 13.0. The number of hydrogen-bond acceptors (Lipinski definition) is 5. The molecule has 2 aromatic rings. The van der Waals surface area contributed by atoms with Crippen LogP contribution in [0.4, 0.5) is 0 Å². The van der Waals surface area contributed by atoms with Gasteiger partial charge in [0.2, 0.25) is 5.88 Å². The van der Waals surface area contributed by atoms with Crippen LogP contribution in [0.25, 0.3) is 0 Å². The molecule has 3 rings (SSSR count). The van der Waals surface area contributed by atoms with Crippen LogP contribution in [0.2, 0.25) is 10.0 Å². The van der Waals surface area contributed by atoms with Crippen molar-refractivity contribution in [1.82, 2.24) is 9.55 Å². The molecule has 2 heterocycles. The third-order valence-electron chi connectivity index (χ3n) is 3.23. The normalized spacial score (nSPS) is 13.4. The minimum Gasteiger partial charge on any atom is -0.506 e. The maximum absolute atomic E-state index is 12.4. The second-order valence-corrected chi connectivity index (χ2v) is 6.48. The van der Waals surface area contributed by atoms with Gasteiger partial charge in [0.1, 0.15) is 5.75 Å². The van der Waals surface area contributed by atoms with E-state index < -0.39 is 0 Å². The van der Waals surface area contributed by atoms with Crippen molar-refractivity contribution in [3.05, 3.63) is 43.7 Å². The van der Waals surface area contributed by atoms with Crippen molar-refractivity contribution >= 4 is 35.0 Å². The summed E-state index contributed by atoms with van der Waals surface area (Å²) >= 11 is 13.2. The largest absolute Gasteiger partial charge is 0.506 e. The minimum absolute atomic E-state index is 0.00866. The number of phenolic OH excluding ortho intramolecular Hbond substituents is 1. The van der Waals surface area contributed by atoms with Crippen LogP contribution >= 0.6 is 35.0 Å². The van der Waals surface area contributed by atoms with Crippen molar-refractivity contribution in [1.29, 1.82) is 0 Å². The third kappa shape index (κ3) is 2.59. The quantitative estimate of drug-likeness (QED) is 0.819. The molecule has 1 aliphatic rings. The van der Waals surface area contributed by atoms with Gasteiger partial charge in [-0.2, -0.15) is 4.98 Å². The molecule has 1 aromatic carbocycles. The molecule has 0 amide bonds. The summed E-state index contributed by atoms with van der Waals surface area (Å²) in [5.41, 5.74) is 0.181. The maximum Gasteiger partial charge on any atom is 0.261 e. The summed E-state index contributed by atoms with van der Waals surface area (Å²) < 4.78 is 1.52. The molecule has 0 saturated heterocycles. The average molecular weight is 345 g/mol. The molecule has 0 aliphatic carbocycles. The van der Waals surface area contributed by atoms with Gasteiger partial charge in [-0.05, 0) is 12.1 Å². The van der Waals surface area contributed by atoms with Gasteiger partial charge in [0.25, 0.3) is 5.56 Å². The van der Waals surface area contributed by atoms with E-state index >= 15 is 0 Å². The lowest BCUT2D eigenvalue weighted by Gasteiger charge is -2.10. The predicted molar refractivity (Wildman–Crippen MR) is 81.8 cm³/mol. The van der Waals surface area contributed by atoms with Crippen LogP contribution in [0.5, 0.6) is 11.6 Å². The Balaban J connectivity index is 2.10. The fraction of sp³-hybridized carbons (Fsp3) is 0.231. The van der Waals surface area contributed by atoms with E-state index in [0.717, 1.165) is 5.75 Å². The molecule has 0 atom stereocenters. The lowest BCUT2D eigenvalue weighted by Crippen LogP contribution is -2.24. The molecule has 0 bridgehead atoms. The molecular weight excluding hydrogens is 335 g/mol. The molecule has 1 aromatic heterocycles. The highest BCUT2D eigenvalue weighted by Crippen LogP contribution is 2.33. The van der Waals surface area contributed by atoms with Gasteiger partial charge in [-0.15, -0.1) is 0 Å². The van der Waals surface area contributed by atoms with Crippen LogP contribution in [0.1, 0.15) is 11.1 Å². The fourth-order valence-electron chi connectivity index (χ4n) is 2.20. The highest BCUT2D eigenvalue weighted by atomic mass is 35.5. The van der Waals surface area contributed by atoms with Crippen molar-refractivity contribution in [2.75, 3.05) is 5.75 Å². The molecule has 2 N–H and O–H groups in total. The number of aromatic nitrogens is 2. The second-order valence-electron chi connectivity index (χ2n) is 4.57. The van der Waals surface area contributed by atoms with Gasteiger partial charge in [-0.25, -0.2) is 0 Å². The summed E-state index contributed by atoms with van der Waals surface area (Å²) in [6.07, 6.45) is 0.00866. The van der Waals surface area contributed by atoms with E-state index in [1.54, 1.807) is 0 Å². The van der Waals surface area contributed by atoms with E-state index in [0.29, 0.717) is 22.3 Å². The minimum atomic E-state index is -0.323. The van der Waals surface area contributed by atoms with Crippen LogP contribution in [-0.4, -0.2) is 25.5 Å². The summed E-state index contributed by atoms with van der Waals surface area (Å²) in [6.45, 7) is 0.557. The average Bonchev–Trinajstić information content (AvgIpc) is 2.88. The van der Waals surface area contributed by atoms with Gasteiger partial charge in [0.05, 0.1) is 10.6 Å². The van der Waals surface area contributed by atoms with E-state index in [1.165, 1.54) is 28.5 Å². The zero-order chi connectivity index (χ0) is 15.1. The Morgan fingerprint density at radius 1 is 1.33 bits per heavy atom. The molecule has 21 heavy (non-hydrogen) atoms. The number of nitrogens with zero attached hydrogens (tertiary/aromatic N) is 2. The standard InChI is InChI=1S/C13H10Cl2N2O3S/c14-7-3-6(10(18)9(15)5-7)4-8-11(19)16-13-17(12(8)20)1-2-21-13/h3,5,18-19H,1-2,4H2. The zero-order valence-electron chi connectivity index (χ0n) is 10.6. The summed E-state index contributed by atoms with van der Waals surface area (Å²) in [5, 5.41) is 20.9. The molecule has 0 unspecified atom stereocenters. The number of rotatable bonds is 2. The van der Waals surface area contributed by atoms with Gasteiger partial charge >= 0.3 is 0 Å². The Labute approximate surface area is 134 Å². The first-order valence-electron chi connectivity index (χ1n) is 6.09. The maximum atomic E-state index is 12.4. The molecule has 0 radical (unpaired) electrons. The van der Waals surface area contributed by atoms with E-state index in [4.69, 9.17) is 23.2 Å². The molecule has 0 fully saturated rings. The number of aromatic hydroxyl groups is 2. The topological polar surface area (TPSA) is 75.3 Å². The lowest BCUT2D eigenvalue weighted by molar-refractivity contribution is 0.427. The Morgan fingerprint density at radius 2 is 2.10 bits per heavy atom. The van der Waals surface area contributed by atoms with Gasteiger partial charge in [-0.3, -0.25) is 9.36 Å². The SMILES string of the molecule is O=c1c(Cc2cc(Cl)cc(Cl)c2O)c(O)nc2n1CCS2. The van der Waals surface area contributed by atoms with E-state index in [2.05, 4.69) is 4.98 Å². The van der Waals surface area contributed by atoms with Gasteiger partial charge in [0, 0.05) is 29.3 Å². The number of fused-ring (bicyclic) bond motifs is 1. The van der Waals surface area contributed by atoms with Crippen molar-refractivity contribution in [3.8, 4) is 11.6 Å². The Kier molecular flexibility index (Phi) is 3.77. The predicted octanol–water partition coefficient (Wildman–Crippen LogP) is 2.66. The Morgan fingerprint density at radius 3 is 2.86 bits per heavy atom. The van der Waals surface area contributed by atoms with Crippen LogP contribution in [-0.2, 0) is 13.0 Å². The first-order valence-corrected chi connectivity index (χ1v) is 7.84.